The highest BCUT2D eigenvalue weighted by Gasteiger charge is 2.16. The van der Waals surface area contributed by atoms with E-state index in [1.807, 2.05) is 12.1 Å². The molecule has 1 N–H and O–H groups in total. The maximum Gasteiger partial charge on any atom is 0.341 e. The van der Waals surface area contributed by atoms with Crippen LogP contribution in [0.15, 0.2) is 35.7 Å². The Balaban J connectivity index is 2.12. The molecular weight excluding hydrogens is 354 g/mol. The molecule has 0 bridgehead atoms. The van der Waals surface area contributed by atoms with Crippen LogP contribution in [0.4, 0.5) is 5.00 Å². The molecule has 0 fully saturated rings. The number of benzene rings is 1. The third-order valence-electron chi connectivity index (χ3n) is 2.76. The van der Waals surface area contributed by atoms with Gasteiger partial charge in [0.1, 0.15) is 5.00 Å². The van der Waals surface area contributed by atoms with Gasteiger partial charge in [-0.05, 0) is 36.1 Å². The van der Waals surface area contributed by atoms with Crippen molar-refractivity contribution < 1.29 is 14.3 Å². The van der Waals surface area contributed by atoms with Crippen LogP contribution in [0.3, 0.4) is 0 Å². The predicted octanol–water partition coefficient (Wildman–Crippen LogP) is 4.07. The van der Waals surface area contributed by atoms with E-state index >= 15 is 0 Å². The Hall–Kier alpha value is -1.66. The number of halogens is 1. The van der Waals surface area contributed by atoms with E-state index in [2.05, 4.69) is 21.2 Å². The average Bonchev–Trinajstić information content (AvgIpc) is 2.95. The Kier molecular flexibility index (Phi) is 5.52. The van der Waals surface area contributed by atoms with Gasteiger partial charge in [0.2, 0.25) is 0 Å². The number of ether oxygens (including phenoxy) is 1. The van der Waals surface area contributed by atoms with Crippen LogP contribution in [-0.2, 0) is 10.1 Å². The van der Waals surface area contributed by atoms with E-state index in [1.165, 1.54) is 11.3 Å². The first-order chi connectivity index (χ1) is 10.2. The lowest BCUT2D eigenvalue weighted by Gasteiger charge is -2.06. The van der Waals surface area contributed by atoms with Crippen LogP contribution in [-0.4, -0.2) is 18.5 Å². The van der Waals surface area contributed by atoms with Crippen LogP contribution < -0.4 is 5.32 Å². The minimum Gasteiger partial charge on any atom is -0.462 e. The van der Waals surface area contributed by atoms with Crippen molar-refractivity contribution in [3.63, 3.8) is 0 Å². The number of carbonyl (C=O) groups is 2. The van der Waals surface area contributed by atoms with Gasteiger partial charge in [-0.25, -0.2) is 4.79 Å². The highest BCUT2D eigenvalue weighted by Crippen LogP contribution is 2.24. The summed E-state index contributed by atoms with van der Waals surface area (Å²) in [6, 6.07) is 8.91. The van der Waals surface area contributed by atoms with Crippen LogP contribution in [0.1, 0.15) is 33.2 Å². The van der Waals surface area contributed by atoms with Gasteiger partial charge in [0.25, 0.3) is 5.91 Å². The molecule has 0 unspecified atom stereocenters. The molecule has 0 spiro atoms. The number of rotatable bonds is 5. The van der Waals surface area contributed by atoms with E-state index in [1.54, 1.807) is 30.5 Å². The zero-order chi connectivity index (χ0) is 15.2. The van der Waals surface area contributed by atoms with Gasteiger partial charge in [0.15, 0.2) is 0 Å². The van der Waals surface area contributed by atoms with Crippen molar-refractivity contribution in [1.82, 2.24) is 0 Å². The Morgan fingerprint density at radius 1 is 1.24 bits per heavy atom. The van der Waals surface area contributed by atoms with Crippen LogP contribution in [0, 0.1) is 0 Å². The average molecular weight is 368 g/mol. The summed E-state index contributed by atoms with van der Waals surface area (Å²) < 4.78 is 4.96. The number of carbonyl (C=O) groups excluding carboxylic acids is 2. The zero-order valence-corrected chi connectivity index (χ0v) is 13.8. The van der Waals surface area contributed by atoms with Gasteiger partial charge < -0.3 is 10.1 Å². The largest absolute Gasteiger partial charge is 0.462 e. The second-order valence-electron chi connectivity index (χ2n) is 4.17. The first kappa shape index (κ1) is 15.7. The minimum atomic E-state index is -0.427. The smallest absolute Gasteiger partial charge is 0.341 e. The van der Waals surface area contributed by atoms with Gasteiger partial charge in [-0.1, -0.05) is 28.1 Å². The fourth-order valence-electron chi connectivity index (χ4n) is 1.70. The molecule has 1 amide bonds. The highest BCUT2D eigenvalue weighted by molar-refractivity contribution is 9.08. The van der Waals surface area contributed by atoms with Crippen molar-refractivity contribution in [2.45, 2.75) is 12.3 Å². The molecule has 2 aromatic rings. The number of amides is 1. The number of esters is 1. The van der Waals surface area contributed by atoms with Gasteiger partial charge in [0.05, 0.1) is 12.2 Å². The summed E-state index contributed by atoms with van der Waals surface area (Å²) in [7, 11) is 0. The Labute approximate surface area is 135 Å². The fourth-order valence-corrected chi connectivity index (χ4v) is 2.84. The Bertz CT molecular complexity index is 637. The molecule has 0 atom stereocenters. The summed E-state index contributed by atoms with van der Waals surface area (Å²) >= 11 is 4.65. The summed E-state index contributed by atoms with van der Waals surface area (Å²) in [4.78, 5) is 23.9. The lowest BCUT2D eigenvalue weighted by molar-refractivity contribution is 0.0528. The molecule has 6 heteroatoms. The molecule has 0 aliphatic heterocycles. The maximum absolute atomic E-state index is 12.2. The molecule has 0 aliphatic rings. The van der Waals surface area contributed by atoms with Crippen LogP contribution >= 0.6 is 27.3 Å². The first-order valence-electron chi connectivity index (χ1n) is 6.36. The molecule has 4 nitrogen and oxygen atoms in total. The van der Waals surface area contributed by atoms with E-state index in [0.29, 0.717) is 22.7 Å². The highest BCUT2D eigenvalue weighted by atomic mass is 79.9. The topological polar surface area (TPSA) is 55.4 Å². The summed E-state index contributed by atoms with van der Waals surface area (Å²) in [5, 5.41) is 5.74. The van der Waals surface area contributed by atoms with Crippen molar-refractivity contribution in [3.8, 4) is 0 Å². The molecule has 1 aromatic carbocycles. The quantitative estimate of drug-likeness (QED) is 0.639. The van der Waals surface area contributed by atoms with Crippen molar-refractivity contribution in [2.24, 2.45) is 0 Å². The number of alkyl halides is 1. The summed E-state index contributed by atoms with van der Waals surface area (Å²) in [5.74, 6) is -0.673. The monoisotopic (exact) mass is 367 g/mol. The van der Waals surface area contributed by atoms with Crippen LogP contribution in [0.25, 0.3) is 0 Å². The SMILES string of the molecule is CCOC(=O)c1ccsc1NC(=O)c1ccc(CBr)cc1. The fraction of sp³-hybridized carbons (Fsp3) is 0.200. The van der Waals surface area contributed by atoms with E-state index in [9.17, 15) is 9.59 Å². The molecule has 21 heavy (non-hydrogen) atoms. The second kappa shape index (κ2) is 7.38. The number of anilines is 1. The van der Waals surface area contributed by atoms with Gasteiger partial charge >= 0.3 is 5.97 Å². The van der Waals surface area contributed by atoms with Crippen molar-refractivity contribution in [1.29, 1.82) is 0 Å². The first-order valence-corrected chi connectivity index (χ1v) is 8.36. The lowest BCUT2D eigenvalue weighted by Crippen LogP contribution is -2.14. The van der Waals surface area contributed by atoms with Gasteiger partial charge in [-0.3, -0.25) is 4.79 Å². The standard InChI is InChI=1S/C15H14BrNO3S/c1-2-20-15(19)12-7-8-21-14(12)17-13(18)11-5-3-10(9-16)4-6-11/h3-8H,2,9H2,1H3,(H,17,18). The van der Waals surface area contributed by atoms with Gasteiger partial charge in [-0.15, -0.1) is 11.3 Å². The number of hydrogen-bond donors (Lipinski definition) is 1. The molecule has 1 heterocycles. The van der Waals surface area contributed by atoms with Crippen LogP contribution in [0.5, 0.6) is 0 Å². The summed E-state index contributed by atoms with van der Waals surface area (Å²) in [6.07, 6.45) is 0. The molecule has 1 aromatic heterocycles. The molecule has 2 rings (SSSR count). The number of nitrogens with one attached hydrogen (secondary N) is 1. The van der Waals surface area contributed by atoms with Crippen LogP contribution in [0.2, 0.25) is 0 Å². The van der Waals surface area contributed by atoms with Crippen molar-refractivity contribution in [3.05, 3.63) is 52.4 Å². The van der Waals surface area contributed by atoms with Crippen molar-refractivity contribution in [2.75, 3.05) is 11.9 Å². The molecule has 0 radical (unpaired) electrons. The molecule has 110 valence electrons. The second-order valence-corrected chi connectivity index (χ2v) is 5.65. The molecule has 0 saturated heterocycles. The lowest BCUT2D eigenvalue weighted by atomic mass is 10.1. The predicted molar refractivity (Wildman–Crippen MR) is 87.3 cm³/mol. The molecule has 0 aliphatic carbocycles. The third-order valence-corrected chi connectivity index (χ3v) is 4.24. The van der Waals surface area contributed by atoms with Crippen molar-refractivity contribution >= 4 is 44.1 Å². The van der Waals surface area contributed by atoms with E-state index in [0.717, 1.165) is 10.9 Å². The Morgan fingerprint density at radius 2 is 1.95 bits per heavy atom. The number of hydrogen-bond acceptors (Lipinski definition) is 4. The van der Waals surface area contributed by atoms with E-state index in [4.69, 9.17) is 4.74 Å². The summed E-state index contributed by atoms with van der Waals surface area (Å²) in [5.41, 5.74) is 2.02. The van der Waals surface area contributed by atoms with Gasteiger partial charge in [-0.2, -0.15) is 0 Å². The zero-order valence-electron chi connectivity index (χ0n) is 11.4. The van der Waals surface area contributed by atoms with E-state index < -0.39 is 5.97 Å². The maximum atomic E-state index is 12.2. The Morgan fingerprint density at radius 3 is 2.57 bits per heavy atom. The third kappa shape index (κ3) is 3.92. The number of thiophene rings is 1. The van der Waals surface area contributed by atoms with E-state index in [-0.39, 0.29) is 5.91 Å². The minimum absolute atomic E-state index is 0.246. The summed E-state index contributed by atoms with van der Waals surface area (Å²) in [6.45, 7) is 2.05. The van der Waals surface area contributed by atoms with Gasteiger partial charge in [0, 0.05) is 10.9 Å². The molecular formula is C15H14BrNO3S. The molecule has 0 saturated carbocycles. The normalized spacial score (nSPS) is 10.2.